The molecule has 4 nitrogen and oxygen atoms in total. The van der Waals surface area contributed by atoms with E-state index in [-0.39, 0.29) is 12.1 Å². The molecule has 0 aromatic rings. The molecule has 0 heterocycles. The Morgan fingerprint density at radius 3 is 2.31 bits per heavy atom. The number of hydrogen-bond donors (Lipinski definition) is 2. The molecular weight excluding hydrogens is 206 g/mol. The van der Waals surface area contributed by atoms with E-state index in [2.05, 4.69) is 19.2 Å². The van der Waals surface area contributed by atoms with Crippen LogP contribution in [0, 0.1) is 0 Å². The van der Waals surface area contributed by atoms with Crippen molar-refractivity contribution in [3.8, 4) is 0 Å². The average Bonchev–Trinajstić information content (AvgIpc) is 2.31. The third-order valence-electron chi connectivity index (χ3n) is 2.29. The molecule has 16 heavy (non-hydrogen) atoms. The quantitative estimate of drug-likeness (QED) is 0.526. The van der Waals surface area contributed by atoms with E-state index in [0.29, 0.717) is 19.8 Å². The van der Waals surface area contributed by atoms with Crippen LogP contribution in [0.3, 0.4) is 0 Å². The zero-order valence-corrected chi connectivity index (χ0v) is 10.9. The van der Waals surface area contributed by atoms with E-state index in [1.165, 1.54) is 0 Å². The zero-order valence-electron chi connectivity index (χ0n) is 10.9. The van der Waals surface area contributed by atoms with Crippen molar-refractivity contribution >= 4 is 0 Å². The summed E-state index contributed by atoms with van der Waals surface area (Å²) in [6.45, 7) is 9.65. The van der Waals surface area contributed by atoms with E-state index >= 15 is 0 Å². The van der Waals surface area contributed by atoms with E-state index in [4.69, 9.17) is 9.47 Å². The topological polar surface area (TPSA) is 50.7 Å². The van der Waals surface area contributed by atoms with Crippen LogP contribution in [0.5, 0.6) is 0 Å². The lowest BCUT2D eigenvalue weighted by Gasteiger charge is -2.28. The average molecular weight is 233 g/mol. The maximum absolute atomic E-state index is 9.28. The van der Waals surface area contributed by atoms with Crippen LogP contribution in [0.1, 0.15) is 33.6 Å². The molecule has 0 aliphatic heterocycles. The Kier molecular flexibility index (Phi) is 9.92. The Hall–Kier alpha value is -0.160. The van der Waals surface area contributed by atoms with Gasteiger partial charge in [-0.25, -0.2) is 0 Å². The summed E-state index contributed by atoms with van der Waals surface area (Å²) in [4.78, 5) is 0. The lowest BCUT2D eigenvalue weighted by atomic mass is 10.1. The summed E-state index contributed by atoms with van der Waals surface area (Å²) in [5, 5.41) is 12.6. The van der Waals surface area contributed by atoms with Gasteiger partial charge in [-0.3, -0.25) is 0 Å². The highest BCUT2D eigenvalue weighted by Gasteiger charge is 2.22. The molecule has 1 atom stereocenters. The Morgan fingerprint density at radius 2 is 1.75 bits per heavy atom. The molecule has 0 aromatic heterocycles. The van der Waals surface area contributed by atoms with Crippen LogP contribution in [0.2, 0.25) is 0 Å². The molecule has 2 N–H and O–H groups in total. The van der Waals surface area contributed by atoms with Crippen LogP contribution in [0.4, 0.5) is 0 Å². The smallest absolute Gasteiger partial charge is 0.0701 e. The summed E-state index contributed by atoms with van der Waals surface area (Å²) in [5.74, 6) is 0. The number of hydrogen-bond acceptors (Lipinski definition) is 4. The van der Waals surface area contributed by atoms with E-state index < -0.39 is 0 Å². The van der Waals surface area contributed by atoms with Crippen LogP contribution in [0.15, 0.2) is 0 Å². The molecule has 0 aliphatic carbocycles. The molecule has 0 spiro atoms. The van der Waals surface area contributed by atoms with Crippen molar-refractivity contribution in [2.24, 2.45) is 0 Å². The number of aliphatic hydroxyl groups excluding tert-OH is 1. The lowest BCUT2D eigenvalue weighted by molar-refractivity contribution is 0.00874. The SMILES string of the molecule is CCCNC(C)(CO)COCCOCCC. The van der Waals surface area contributed by atoms with Gasteiger partial charge in [0.15, 0.2) is 0 Å². The van der Waals surface area contributed by atoms with Crippen molar-refractivity contribution in [1.29, 1.82) is 0 Å². The summed E-state index contributed by atoms with van der Waals surface area (Å²) >= 11 is 0. The maximum Gasteiger partial charge on any atom is 0.0701 e. The summed E-state index contributed by atoms with van der Waals surface area (Å²) in [5.41, 5.74) is -0.333. The van der Waals surface area contributed by atoms with Crippen molar-refractivity contribution < 1.29 is 14.6 Å². The molecule has 98 valence electrons. The zero-order chi connectivity index (χ0) is 12.3. The monoisotopic (exact) mass is 233 g/mol. The molecular formula is C12H27NO3. The van der Waals surface area contributed by atoms with Crippen molar-refractivity contribution in [3.05, 3.63) is 0 Å². The fraction of sp³-hybridized carbons (Fsp3) is 1.00. The van der Waals surface area contributed by atoms with Crippen LogP contribution in [-0.2, 0) is 9.47 Å². The Bertz CT molecular complexity index is 155. The molecule has 0 aromatic carbocycles. The fourth-order valence-corrected chi connectivity index (χ4v) is 1.24. The van der Waals surface area contributed by atoms with Gasteiger partial charge in [-0.1, -0.05) is 13.8 Å². The minimum absolute atomic E-state index is 0.0861. The molecule has 0 aliphatic rings. The first-order valence-electron chi connectivity index (χ1n) is 6.20. The van der Waals surface area contributed by atoms with E-state index in [9.17, 15) is 5.11 Å². The molecule has 0 rings (SSSR count). The largest absolute Gasteiger partial charge is 0.394 e. The second-order valence-corrected chi connectivity index (χ2v) is 4.31. The van der Waals surface area contributed by atoms with Gasteiger partial charge in [-0.05, 0) is 26.3 Å². The van der Waals surface area contributed by atoms with Crippen LogP contribution in [-0.4, -0.2) is 50.2 Å². The molecule has 4 heteroatoms. The first-order valence-corrected chi connectivity index (χ1v) is 6.20. The van der Waals surface area contributed by atoms with Crippen LogP contribution < -0.4 is 5.32 Å². The van der Waals surface area contributed by atoms with Gasteiger partial charge in [0.05, 0.1) is 32.0 Å². The number of nitrogens with one attached hydrogen (secondary N) is 1. The number of aliphatic hydroxyl groups is 1. The molecule has 0 bridgehead atoms. The lowest BCUT2D eigenvalue weighted by Crippen LogP contribution is -2.50. The van der Waals surface area contributed by atoms with Gasteiger partial charge in [0, 0.05) is 6.61 Å². The fourth-order valence-electron chi connectivity index (χ4n) is 1.24. The summed E-state index contributed by atoms with van der Waals surface area (Å²) in [6, 6.07) is 0. The number of rotatable bonds is 11. The Morgan fingerprint density at radius 1 is 1.06 bits per heavy atom. The molecule has 0 radical (unpaired) electrons. The highest BCUT2D eigenvalue weighted by atomic mass is 16.5. The van der Waals surface area contributed by atoms with E-state index in [1.54, 1.807) is 0 Å². The van der Waals surface area contributed by atoms with Crippen molar-refractivity contribution in [3.63, 3.8) is 0 Å². The molecule has 0 amide bonds. The van der Waals surface area contributed by atoms with Crippen LogP contribution in [0.25, 0.3) is 0 Å². The van der Waals surface area contributed by atoms with E-state index in [0.717, 1.165) is 26.0 Å². The summed E-state index contributed by atoms with van der Waals surface area (Å²) in [7, 11) is 0. The highest BCUT2D eigenvalue weighted by molar-refractivity contribution is 4.81. The standard InChI is InChI=1S/C12H27NO3/c1-4-6-13-12(3,10-14)11-16-9-8-15-7-5-2/h13-14H,4-11H2,1-3H3. The van der Waals surface area contributed by atoms with Gasteiger partial charge >= 0.3 is 0 Å². The molecule has 1 unspecified atom stereocenters. The predicted octanol–water partition coefficient (Wildman–Crippen LogP) is 1.18. The Labute approximate surface area is 99.3 Å². The van der Waals surface area contributed by atoms with Crippen molar-refractivity contribution in [1.82, 2.24) is 5.32 Å². The molecule has 0 saturated carbocycles. The predicted molar refractivity (Wildman–Crippen MR) is 65.7 cm³/mol. The van der Waals surface area contributed by atoms with Crippen molar-refractivity contribution in [2.45, 2.75) is 39.2 Å². The third kappa shape index (κ3) is 8.05. The second kappa shape index (κ2) is 10.0. The van der Waals surface area contributed by atoms with Gasteiger partial charge in [-0.15, -0.1) is 0 Å². The molecule has 0 fully saturated rings. The first kappa shape index (κ1) is 15.8. The van der Waals surface area contributed by atoms with Crippen LogP contribution >= 0.6 is 0 Å². The normalized spacial score (nSPS) is 15.0. The first-order chi connectivity index (χ1) is 7.68. The van der Waals surface area contributed by atoms with E-state index in [1.807, 2.05) is 6.92 Å². The summed E-state index contributed by atoms with van der Waals surface area (Å²) in [6.07, 6.45) is 2.08. The second-order valence-electron chi connectivity index (χ2n) is 4.31. The third-order valence-corrected chi connectivity index (χ3v) is 2.29. The summed E-state index contributed by atoms with van der Waals surface area (Å²) < 4.78 is 10.8. The van der Waals surface area contributed by atoms with Crippen molar-refractivity contribution in [2.75, 3.05) is 39.6 Å². The van der Waals surface area contributed by atoms with Gasteiger partial charge in [0.2, 0.25) is 0 Å². The highest BCUT2D eigenvalue weighted by Crippen LogP contribution is 2.03. The number of ether oxygens (including phenoxy) is 2. The van der Waals surface area contributed by atoms with Gasteiger partial charge in [0.25, 0.3) is 0 Å². The minimum atomic E-state index is -0.333. The van der Waals surface area contributed by atoms with Gasteiger partial charge in [0.1, 0.15) is 0 Å². The maximum atomic E-state index is 9.28. The van der Waals surface area contributed by atoms with Gasteiger partial charge < -0.3 is 19.9 Å². The Balaban J connectivity index is 3.53. The van der Waals surface area contributed by atoms with Gasteiger partial charge in [-0.2, -0.15) is 0 Å². The minimum Gasteiger partial charge on any atom is -0.394 e. The molecule has 0 saturated heterocycles.